The van der Waals surface area contributed by atoms with Crippen LogP contribution in [0.1, 0.15) is 59.7 Å². The first kappa shape index (κ1) is 31.5. The van der Waals surface area contributed by atoms with E-state index >= 15 is 0 Å². The Balaban J connectivity index is 1.63. The topological polar surface area (TPSA) is 110 Å². The molecule has 1 aliphatic rings. The lowest BCUT2D eigenvalue weighted by atomic mass is 9.95. The van der Waals surface area contributed by atoms with Gasteiger partial charge in [0.25, 0.3) is 5.56 Å². The van der Waals surface area contributed by atoms with Crippen LogP contribution in [0.4, 0.5) is 0 Å². The molecule has 234 valence electrons. The Morgan fingerprint density at radius 1 is 0.911 bits per heavy atom. The fraction of sp³-hybridized carbons (Fsp3) is 0.294. The van der Waals surface area contributed by atoms with Gasteiger partial charge in [0.15, 0.2) is 16.3 Å². The molecule has 0 N–H and O–H groups in total. The molecule has 3 heterocycles. The van der Waals surface area contributed by atoms with Crippen LogP contribution in [0.5, 0.6) is 11.5 Å². The number of rotatable bonds is 9. The van der Waals surface area contributed by atoms with E-state index in [0.717, 1.165) is 22.6 Å². The molecule has 0 amide bonds. The van der Waals surface area contributed by atoms with Crippen LogP contribution in [0.15, 0.2) is 69.6 Å². The van der Waals surface area contributed by atoms with Crippen LogP contribution in [0.25, 0.3) is 11.8 Å². The zero-order valence-electron chi connectivity index (χ0n) is 26.3. The van der Waals surface area contributed by atoms with Crippen LogP contribution in [0, 0.1) is 13.8 Å². The lowest BCUT2D eigenvalue weighted by molar-refractivity contribution is -0.139. The van der Waals surface area contributed by atoms with Crippen LogP contribution in [0.3, 0.4) is 0 Å². The van der Waals surface area contributed by atoms with Crippen molar-refractivity contribution in [1.29, 1.82) is 0 Å². The first-order valence-electron chi connectivity index (χ1n) is 14.5. The fourth-order valence-corrected chi connectivity index (χ4v) is 6.60. The van der Waals surface area contributed by atoms with Crippen molar-refractivity contribution in [1.82, 2.24) is 9.13 Å². The van der Waals surface area contributed by atoms with Crippen LogP contribution >= 0.6 is 11.3 Å². The maximum atomic E-state index is 14.1. The zero-order valence-corrected chi connectivity index (χ0v) is 27.1. The molecule has 0 spiro atoms. The molecule has 1 atom stereocenters. The molecule has 45 heavy (non-hydrogen) atoms. The quantitative estimate of drug-likeness (QED) is 0.253. The summed E-state index contributed by atoms with van der Waals surface area (Å²) in [6.07, 6.45) is 1.85. The number of ether oxygens (including phenoxy) is 4. The second kappa shape index (κ2) is 13.0. The molecule has 0 bridgehead atoms. The normalized spacial score (nSPS) is 14.6. The summed E-state index contributed by atoms with van der Waals surface area (Å²) in [6, 6.07) is 13.8. The molecule has 0 aliphatic carbocycles. The van der Waals surface area contributed by atoms with Gasteiger partial charge < -0.3 is 23.5 Å². The summed E-state index contributed by atoms with van der Waals surface area (Å²) in [4.78, 5) is 44.7. The molecule has 2 aromatic carbocycles. The van der Waals surface area contributed by atoms with E-state index in [2.05, 4.69) is 9.56 Å². The van der Waals surface area contributed by atoms with Gasteiger partial charge in [-0.2, -0.15) is 0 Å². The van der Waals surface area contributed by atoms with E-state index in [1.807, 2.05) is 44.2 Å². The summed E-state index contributed by atoms with van der Waals surface area (Å²) in [6.45, 7) is 9.71. The number of carbonyl (C=O) groups excluding carboxylic acids is 2. The van der Waals surface area contributed by atoms with Gasteiger partial charge in [-0.1, -0.05) is 17.4 Å². The zero-order chi connectivity index (χ0) is 32.4. The summed E-state index contributed by atoms with van der Waals surface area (Å²) >= 11 is 1.26. The average Bonchev–Trinajstić information content (AvgIpc) is 3.49. The van der Waals surface area contributed by atoms with Crippen LogP contribution in [-0.2, 0) is 14.3 Å². The number of methoxy groups -OCH3 is 2. The minimum Gasteiger partial charge on any atom is -0.493 e. The van der Waals surface area contributed by atoms with Gasteiger partial charge in [0.05, 0.1) is 54.8 Å². The van der Waals surface area contributed by atoms with Crippen molar-refractivity contribution < 1.29 is 28.5 Å². The number of fused-ring (bicyclic) bond motifs is 1. The molecule has 0 saturated carbocycles. The van der Waals surface area contributed by atoms with Crippen molar-refractivity contribution in [3.63, 3.8) is 0 Å². The monoisotopic (exact) mass is 629 g/mol. The van der Waals surface area contributed by atoms with Crippen molar-refractivity contribution in [3.8, 4) is 17.2 Å². The van der Waals surface area contributed by atoms with Crippen LogP contribution in [-0.4, -0.2) is 48.5 Å². The van der Waals surface area contributed by atoms with Gasteiger partial charge in [-0.25, -0.2) is 14.6 Å². The van der Waals surface area contributed by atoms with Gasteiger partial charge in [0, 0.05) is 17.1 Å². The third kappa shape index (κ3) is 5.83. The highest BCUT2D eigenvalue weighted by molar-refractivity contribution is 7.07. The summed E-state index contributed by atoms with van der Waals surface area (Å²) in [5.74, 6) is 0.0924. The Bertz CT molecular complexity index is 2000. The van der Waals surface area contributed by atoms with E-state index in [9.17, 15) is 14.4 Å². The molecular formula is C34H35N3O7S. The minimum atomic E-state index is -0.785. The molecule has 0 radical (unpaired) electrons. The molecule has 10 nitrogen and oxygen atoms in total. The number of allylic oxidation sites excluding steroid dienone is 1. The molecular weight excluding hydrogens is 594 g/mol. The number of carbonyl (C=O) groups is 2. The van der Waals surface area contributed by atoms with E-state index in [1.54, 1.807) is 56.7 Å². The lowest BCUT2D eigenvalue weighted by Gasteiger charge is -2.25. The first-order chi connectivity index (χ1) is 21.6. The molecule has 1 aliphatic heterocycles. The molecule has 0 fully saturated rings. The molecule has 5 rings (SSSR count). The highest BCUT2D eigenvalue weighted by atomic mass is 32.1. The van der Waals surface area contributed by atoms with Crippen molar-refractivity contribution >= 4 is 29.4 Å². The van der Waals surface area contributed by atoms with E-state index in [4.69, 9.17) is 18.9 Å². The summed E-state index contributed by atoms with van der Waals surface area (Å²) in [7, 11) is 3.08. The highest BCUT2D eigenvalue weighted by Crippen LogP contribution is 2.36. The molecule has 11 heteroatoms. The Morgan fingerprint density at radius 2 is 1.58 bits per heavy atom. The van der Waals surface area contributed by atoms with E-state index in [0.29, 0.717) is 44.3 Å². The van der Waals surface area contributed by atoms with Crippen molar-refractivity contribution in [2.45, 2.75) is 40.7 Å². The molecule has 2 aromatic heterocycles. The second-order valence-corrected chi connectivity index (χ2v) is 11.4. The lowest BCUT2D eigenvalue weighted by Crippen LogP contribution is -2.40. The number of aryl methyl sites for hydroxylation is 1. The van der Waals surface area contributed by atoms with Crippen molar-refractivity contribution in [2.24, 2.45) is 4.99 Å². The Kier molecular flexibility index (Phi) is 9.10. The maximum absolute atomic E-state index is 14.1. The van der Waals surface area contributed by atoms with E-state index in [-0.39, 0.29) is 23.7 Å². The molecule has 1 unspecified atom stereocenters. The summed E-state index contributed by atoms with van der Waals surface area (Å²) < 4.78 is 25.5. The van der Waals surface area contributed by atoms with Crippen molar-refractivity contribution in [2.75, 3.05) is 27.4 Å². The van der Waals surface area contributed by atoms with Gasteiger partial charge in [0.2, 0.25) is 0 Å². The number of hydrogen-bond acceptors (Lipinski definition) is 9. The predicted octanol–water partition coefficient (Wildman–Crippen LogP) is 4.40. The average molecular weight is 630 g/mol. The molecule has 0 saturated heterocycles. The van der Waals surface area contributed by atoms with Gasteiger partial charge in [0.1, 0.15) is 0 Å². The van der Waals surface area contributed by atoms with Gasteiger partial charge in [-0.15, -0.1) is 0 Å². The number of thiazole rings is 1. The second-order valence-electron chi connectivity index (χ2n) is 10.3. The largest absolute Gasteiger partial charge is 0.493 e. The van der Waals surface area contributed by atoms with Gasteiger partial charge in [-0.3, -0.25) is 9.36 Å². The van der Waals surface area contributed by atoms with E-state index in [1.165, 1.54) is 18.4 Å². The number of hydrogen-bond donors (Lipinski definition) is 0. The Hall–Kier alpha value is -4.90. The molecule has 4 aromatic rings. The smallest absolute Gasteiger partial charge is 0.338 e. The number of benzene rings is 2. The minimum absolute atomic E-state index is 0.180. The SMILES string of the molecule is CCOC(=O)C1=C(C)N=c2sc(=Cc3cc(C)n(-c4ccc(C(=O)OCC)cc4)c3C)c(=O)n2C1c1ccc(OC)c(OC)c1. The van der Waals surface area contributed by atoms with Crippen LogP contribution in [0.2, 0.25) is 0 Å². The summed E-state index contributed by atoms with van der Waals surface area (Å²) in [5, 5.41) is 0. The standard InChI is InChI=1S/C34H35N3O7S/c1-8-43-32(39)22-10-13-25(14-11-22)36-19(3)16-24(21(36)5)18-28-31(38)37-30(23-12-15-26(41-6)27(17-23)42-7)29(33(40)44-9-2)20(4)35-34(37)45-28/h10-18,30H,8-9H2,1-7H3. The highest BCUT2D eigenvalue weighted by Gasteiger charge is 2.34. The predicted molar refractivity (Wildman–Crippen MR) is 171 cm³/mol. The maximum Gasteiger partial charge on any atom is 0.338 e. The number of esters is 2. The number of nitrogens with zero attached hydrogens (tertiary/aromatic N) is 3. The Morgan fingerprint density at radius 3 is 2.22 bits per heavy atom. The third-order valence-corrected chi connectivity index (χ3v) is 8.62. The van der Waals surface area contributed by atoms with Crippen LogP contribution < -0.4 is 24.4 Å². The van der Waals surface area contributed by atoms with Gasteiger partial charge >= 0.3 is 11.9 Å². The summed E-state index contributed by atoms with van der Waals surface area (Å²) in [5.41, 5.74) is 5.22. The third-order valence-electron chi connectivity index (χ3n) is 7.63. The van der Waals surface area contributed by atoms with Gasteiger partial charge in [-0.05, 0) is 94.3 Å². The van der Waals surface area contributed by atoms with E-state index < -0.39 is 12.0 Å². The fourth-order valence-electron chi connectivity index (χ4n) is 5.56. The van der Waals surface area contributed by atoms with Crippen molar-refractivity contribution in [3.05, 3.63) is 108 Å². The number of aromatic nitrogens is 2. The Labute approximate surface area is 264 Å². The first-order valence-corrected chi connectivity index (χ1v) is 15.3.